The zero-order valence-electron chi connectivity index (χ0n) is 10.2. The third kappa shape index (κ3) is 2.58. The summed E-state index contributed by atoms with van der Waals surface area (Å²) >= 11 is 0. The van der Waals surface area contributed by atoms with Crippen molar-refractivity contribution in [1.29, 1.82) is 0 Å². The second kappa shape index (κ2) is 4.64. The summed E-state index contributed by atoms with van der Waals surface area (Å²) in [6, 6.07) is 5.38. The first-order chi connectivity index (χ1) is 8.52. The van der Waals surface area contributed by atoms with Gasteiger partial charge in [0.15, 0.2) is 18.2 Å². The van der Waals surface area contributed by atoms with Crippen molar-refractivity contribution in [2.75, 3.05) is 6.67 Å². The molecule has 0 atom stereocenters. The summed E-state index contributed by atoms with van der Waals surface area (Å²) in [6.45, 7) is 3.61. The first-order valence-electron chi connectivity index (χ1n) is 5.57. The number of rotatable bonds is 3. The molecule has 0 spiro atoms. The number of carbonyl (C=O) groups is 1. The number of amides is 1. The van der Waals surface area contributed by atoms with Crippen LogP contribution in [-0.2, 0) is 6.42 Å². The number of ether oxygens (including phenoxy) is 2. The van der Waals surface area contributed by atoms with E-state index in [1.807, 2.05) is 19.9 Å². The van der Waals surface area contributed by atoms with Crippen molar-refractivity contribution in [3.05, 3.63) is 28.7 Å². The van der Waals surface area contributed by atoms with Crippen LogP contribution in [0.3, 0.4) is 0 Å². The van der Waals surface area contributed by atoms with Crippen LogP contribution in [0.15, 0.2) is 23.4 Å². The molecule has 1 N–H and O–H groups in total. The average molecular weight is 250 g/mol. The molecule has 0 aromatic heterocycles. The van der Waals surface area contributed by atoms with E-state index in [0.717, 1.165) is 12.0 Å². The van der Waals surface area contributed by atoms with E-state index in [2.05, 4.69) is 10.5 Å². The van der Waals surface area contributed by atoms with Crippen LogP contribution in [0.2, 0.25) is 0 Å². The highest BCUT2D eigenvalue weighted by Gasteiger charge is 2.32. The van der Waals surface area contributed by atoms with Crippen LogP contribution in [0.5, 0.6) is 11.5 Å². The van der Waals surface area contributed by atoms with Gasteiger partial charge in [-0.05, 0) is 25.1 Å². The maximum absolute atomic E-state index is 11.3. The summed E-state index contributed by atoms with van der Waals surface area (Å²) in [7, 11) is 0. The molecule has 0 radical (unpaired) electrons. The Morgan fingerprint density at radius 2 is 2.33 bits per heavy atom. The topological polar surface area (TPSA) is 77.0 Å². The molecule has 1 aromatic rings. The van der Waals surface area contributed by atoms with E-state index in [1.54, 1.807) is 12.1 Å². The van der Waals surface area contributed by atoms with Crippen LogP contribution in [-0.4, -0.2) is 18.4 Å². The Kier molecular flexibility index (Phi) is 3.18. The predicted molar refractivity (Wildman–Crippen MR) is 64.7 cm³/mol. The number of fused-ring (bicyclic) bond motifs is 1. The standard InChI is InChI=1S/C12H14N2O4/c1-12(2)6-8-4-3-5-9(10(8)18-12)17-11(15)13-7-14-16/h3-5H,6-7H2,1-2H3,(H,13,15). The monoisotopic (exact) mass is 250 g/mol. The molecular formula is C12H14N2O4. The van der Waals surface area contributed by atoms with Crippen molar-refractivity contribution in [1.82, 2.24) is 5.32 Å². The van der Waals surface area contributed by atoms with Gasteiger partial charge in [-0.3, -0.25) is 5.32 Å². The molecule has 0 fully saturated rings. The molecule has 6 heteroatoms. The van der Waals surface area contributed by atoms with Gasteiger partial charge in [-0.15, -0.1) is 4.91 Å². The number of hydrogen-bond acceptors (Lipinski definition) is 5. The largest absolute Gasteiger partial charge is 0.483 e. The van der Waals surface area contributed by atoms with Gasteiger partial charge in [0.1, 0.15) is 5.60 Å². The molecule has 1 aliphatic heterocycles. The van der Waals surface area contributed by atoms with Crippen molar-refractivity contribution >= 4 is 6.09 Å². The van der Waals surface area contributed by atoms with E-state index >= 15 is 0 Å². The van der Waals surface area contributed by atoms with E-state index in [4.69, 9.17) is 9.47 Å². The maximum atomic E-state index is 11.3. The lowest BCUT2D eigenvalue weighted by Crippen LogP contribution is -2.27. The normalized spacial score (nSPS) is 15.4. The van der Waals surface area contributed by atoms with Gasteiger partial charge in [-0.1, -0.05) is 12.1 Å². The zero-order chi connectivity index (χ0) is 13.2. The fourth-order valence-electron chi connectivity index (χ4n) is 1.90. The van der Waals surface area contributed by atoms with Gasteiger partial charge in [-0.2, -0.15) is 0 Å². The molecule has 1 aromatic carbocycles. The van der Waals surface area contributed by atoms with Crippen molar-refractivity contribution in [3.8, 4) is 11.5 Å². The fourth-order valence-corrected chi connectivity index (χ4v) is 1.90. The van der Waals surface area contributed by atoms with Gasteiger partial charge in [0.25, 0.3) is 0 Å². The van der Waals surface area contributed by atoms with E-state index in [9.17, 15) is 9.70 Å². The van der Waals surface area contributed by atoms with Gasteiger partial charge in [-0.25, -0.2) is 4.79 Å². The third-order valence-electron chi connectivity index (χ3n) is 2.55. The molecule has 96 valence electrons. The number of para-hydroxylation sites is 1. The Balaban J connectivity index is 2.14. The van der Waals surface area contributed by atoms with Gasteiger partial charge < -0.3 is 9.47 Å². The van der Waals surface area contributed by atoms with Crippen LogP contribution >= 0.6 is 0 Å². The van der Waals surface area contributed by atoms with E-state index < -0.39 is 6.09 Å². The quantitative estimate of drug-likeness (QED) is 0.834. The van der Waals surface area contributed by atoms with E-state index in [0.29, 0.717) is 11.5 Å². The minimum absolute atomic E-state index is 0.303. The van der Waals surface area contributed by atoms with Crippen molar-refractivity contribution in [2.24, 2.45) is 5.18 Å². The van der Waals surface area contributed by atoms with Crippen LogP contribution in [0, 0.1) is 4.91 Å². The van der Waals surface area contributed by atoms with Gasteiger partial charge in [0.05, 0.1) is 0 Å². The molecule has 0 bridgehead atoms. The summed E-state index contributed by atoms with van der Waals surface area (Å²) < 4.78 is 10.8. The van der Waals surface area contributed by atoms with Crippen LogP contribution in [0.25, 0.3) is 0 Å². The summed E-state index contributed by atoms with van der Waals surface area (Å²) in [5.41, 5.74) is 0.696. The highest BCUT2D eigenvalue weighted by atomic mass is 16.6. The fraction of sp³-hybridized carbons (Fsp3) is 0.417. The molecular weight excluding hydrogens is 236 g/mol. The summed E-state index contributed by atoms with van der Waals surface area (Å²) in [5, 5.41) is 4.72. The molecule has 0 aliphatic carbocycles. The smallest absolute Gasteiger partial charge is 0.414 e. The van der Waals surface area contributed by atoms with Gasteiger partial charge in [0, 0.05) is 12.0 Å². The summed E-state index contributed by atoms with van der Waals surface area (Å²) in [5.74, 6) is 0.929. The first kappa shape index (κ1) is 12.3. The van der Waals surface area contributed by atoms with Crippen LogP contribution < -0.4 is 14.8 Å². The number of nitroso groups, excluding NO2 is 1. The number of benzene rings is 1. The Morgan fingerprint density at radius 1 is 1.56 bits per heavy atom. The van der Waals surface area contributed by atoms with E-state index in [1.165, 1.54) is 0 Å². The molecule has 2 rings (SSSR count). The van der Waals surface area contributed by atoms with Crippen LogP contribution in [0.4, 0.5) is 4.79 Å². The first-order valence-corrected chi connectivity index (χ1v) is 5.57. The van der Waals surface area contributed by atoms with Crippen LogP contribution in [0.1, 0.15) is 19.4 Å². The average Bonchev–Trinajstić information content (AvgIpc) is 2.62. The third-order valence-corrected chi connectivity index (χ3v) is 2.55. The zero-order valence-corrected chi connectivity index (χ0v) is 10.2. The lowest BCUT2D eigenvalue weighted by atomic mass is 10.0. The van der Waals surface area contributed by atoms with Crippen molar-refractivity contribution < 1.29 is 14.3 Å². The van der Waals surface area contributed by atoms with Gasteiger partial charge in [0.2, 0.25) is 0 Å². The van der Waals surface area contributed by atoms with Crippen molar-refractivity contribution in [2.45, 2.75) is 25.9 Å². The Bertz CT molecular complexity index is 485. The Morgan fingerprint density at radius 3 is 3.06 bits per heavy atom. The van der Waals surface area contributed by atoms with Crippen molar-refractivity contribution in [3.63, 3.8) is 0 Å². The number of hydrogen-bond donors (Lipinski definition) is 1. The Labute approximate surface area is 104 Å². The summed E-state index contributed by atoms with van der Waals surface area (Å²) in [6.07, 6.45) is 0.0353. The number of nitrogens with one attached hydrogen (secondary N) is 1. The van der Waals surface area contributed by atoms with E-state index in [-0.39, 0.29) is 12.3 Å². The summed E-state index contributed by atoms with van der Waals surface area (Å²) in [4.78, 5) is 21.2. The molecule has 1 amide bonds. The highest BCUT2D eigenvalue weighted by Crippen LogP contribution is 2.41. The highest BCUT2D eigenvalue weighted by molar-refractivity contribution is 5.71. The molecule has 0 saturated heterocycles. The molecule has 6 nitrogen and oxygen atoms in total. The lowest BCUT2D eigenvalue weighted by Gasteiger charge is -2.17. The molecule has 0 unspecified atom stereocenters. The minimum Gasteiger partial charge on any atom is -0.483 e. The number of nitrogens with zero attached hydrogens (tertiary/aromatic N) is 1. The lowest BCUT2D eigenvalue weighted by molar-refractivity contribution is 0.133. The second-order valence-electron chi connectivity index (χ2n) is 4.64. The molecule has 1 heterocycles. The minimum atomic E-state index is -0.726. The molecule has 1 aliphatic rings. The second-order valence-corrected chi connectivity index (χ2v) is 4.64. The molecule has 18 heavy (non-hydrogen) atoms. The van der Waals surface area contributed by atoms with Gasteiger partial charge >= 0.3 is 6.09 Å². The predicted octanol–water partition coefficient (Wildman–Crippen LogP) is 2.21. The maximum Gasteiger partial charge on any atom is 0.414 e. The number of carbonyl (C=O) groups excluding carboxylic acids is 1. The molecule has 0 saturated carbocycles. The SMILES string of the molecule is CC1(C)Cc2cccc(OC(=O)NCN=O)c2O1. The Hall–Kier alpha value is -2.11.